The Kier molecular flexibility index (Phi) is 5.53. The fourth-order valence-corrected chi connectivity index (χ4v) is 3.18. The van der Waals surface area contributed by atoms with Crippen molar-refractivity contribution in [2.75, 3.05) is 11.9 Å². The molecule has 1 aromatic heterocycles. The zero-order valence-electron chi connectivity index (χ0n) is 12.8. The Morgan fingerprint density at radius 2 is 2.05 bits per heavy atom. The molecule has 0 aliphatic carbocycles. The Bertz CT molecular complexity index is 606. The highest BCUT2D eigenvalue weighted by Gasteiger charge is 2.08. The molecule has 1 amide bonds. The molecule has 0 radical (unpaired) electrons. The van der Waals surface area contributed by atoms with E-state index in [2.05, 4.69) is 36.6 Å². The summed E-state index contributed by atoms with van der Waals surface area (Å²) in [6, 6.07) is 12.4. The van der Waals surface area contributed by atoms with E-state index in [1.54, 1.807) is 0 Å². The molecule has 0 bridgehead atoms. The first-order valence-corrected chi connectivity index (χ1v) is 8.00. The van der Waals surface area contributed by atoms with Crippen molar-refractivity contribution in [1.82, 2.24) is 5.32 Å². The fourth-order valence-electron chi connectivity index (χ4n) is 2.16. The van der Waals surface area contributed by atoms with E-state index in [-0.39, 0.29) is 11.9 Å². The molecule has 1 unspecified atom stereocenters. The number of benzene rings is 1. The molecule has 0 fully saturated rings. The summed E-state index contributed by atoms with van der Waals surface area (Å²) in [7, 11) is 0. The minimum absolute atomic E-state index is 0.00481. The standard InChI is InChI=1S/C17H22N2OS/c1-12-5-4-6-15(9-12)19-17(20)11-18-13(2)10-16-8-7-14(3)21-16/h4-9,13,18H,10-11H2,1-3H3,(H,19,20). The van der Waals surface area contributed by atoms with Crippen molar-refractivity contribution in [2.45, 2.75) is 33.2 Å². The van der Waals surface area contributed by atoms with E-state index in [9.17, 15) is 4.79 Å². The van der Waals surface area contributed by atoms with E-state index in [4.69, 9.17) is 0 Å². The van der Waals surface area contributed by atoms with Crippen LogP contribution in [0, 0.1) is 13.8 Å². The van der Waals surface area contributed by atoms with Crippen LogP contribution in [0.15, 0.2) is 36.4 Å². The molecular weight excluding hydrogens is 280 g/mol. The first-order chi connectivity index (χ1) is 10.0. The number of carbonyl (C=O) groups excluding carboxylic acids is 1. The van der Waals surface area contributed by atoms with Crippen molar-refractivity contribution in [3.63, 3.8) is 0 Å². The fraction of sp³-hybridized carbons (Fsp3) is 0.353. The lowest BCUT2D eigenvalue weighted by Gasteiger charge is -2.13. The van der Waals surface area contributed by atoms with Crippen molar-refractivity contribution in [1.29, 1.82) is 0 Å². The van der Waals surface area contributed by atoms with Crippen LogP contribution in [0.1, 0.15) is 22.2 Å². The molecule has 0 aliphatic heterocycles. The third-order valence-corrected chi connectivity index (χ3v) is 4.24. The maximum atomic E-state index is 11.9. The van der Waals surface area contributed by atoms with Gasteiger partial charge in [0.25, 0.3) is 0 Å². The van der Waals surface area contributed by atoms with Crippen molar-refractivity contribution in [2.24, 2.45) is 0 Å². The summed E-state index contributed by atoms with van der Waals surface area (Å²) in [6.07, 6.45) is 0.955. The maximum Gasteiger partial charge on any atom is 0.238 e. The van der Waals surface area contributed by atoms with Crippen LogP contribution < -0.4 is 10.6 Å². The van der Waals surface area contributed by atoms with E-state index < -0.39 is 0 Å². The van der Waals surface area contributed by atoms with Gasteiger partial charge in [0.1, 0.15) is 0 Å². The monoisotopic (exact) mass is 302 g/mol. The van der Waals surface area contributed by atoms with E-state index >= 15 is 0 Å². The highest BCUT2D eigenvalue weighted by atomic mass is 32.1. The maximum absolute atomic E-state index is 11.9. The van der Waals surface area contributed by atoms with Crippen LogP contribution in [0.2, 0.25) is 0 Å². The summed E-state index contributed by atoms with van der Waals surface area (Å²) in [6.45, 7) is 6.56. The lowest BCUT2D eigenvalue weighted by Crippen LogP contribution is -2.35. The number of thiophene rings is 1. The third kappa shape index (κ3) is 5.33. The summed E-state index contributed by atoms with van der Waals surface area (Å²) in [5.41, 5.74) is 1.99. The molecular formula is C17H22N2OS. The summed E-state index contributed by atoms with van der Waals surface area (Å²) >= 11 is 1.81. The highest BCUT2D eigenvalue weighted by Crippen LogP contribution is 2.16. The van der Waals surface area contributed by atoms with Gasteiger partial charge >= 0.3 is 0 Å². The van der Waals surface area contributed by atoms with Crippen molar-refractivity contribution in [3.05, 3.63) is 51.7 Å². The van der Waals surface area contributed by atoms with Gasteiger partial charge < -0.3 is 10.6 Å². The van der Waals surface area contributed by atoms with Gasteiger partial charge in [-0.2, -0.15) is 0 Å². The van der Waals surface area contributed by atoms with E-state index in [0.29, 0.717) is 6.54 Å². The van der Waals surface area contributed by atoms with Gasteiger partial charge in [0.15, 0.2) is 0 Å². The van der Waals surface area contributed by atoms with Crippen LogP contribution in [0.5, 0.6) is 0 Å². The summed E-state index contributed by atoms with van der Waals surface area (Å²) in [5.74, 6) is -0.00481. The molecule has 2 N–H and O–H groups in total. The second-order valence-corrected chi connectivity index (χ2v) is 6.79. The average Bonchev–Trinajstić information content (AvgIpc) is 2.82. The molecule has 0 spiro atoms. The Labute approximate surface area is 130 Å². The smallest absolute Gasteiger partial charge is 0.238 e. The highest BCUT2D eigenvalue weighted by molar-refractivity contribution is 7.11. The van der Waals surface area contributed by atoms with E-state index in [1.807, 2.05) is 42.5 Å². The molecule has 4 heteroatoms. The second kappa shape index (κ2) is 7.38. The number of anilines is 1. The molecule has 1 aromatic carbocycles. The van der Waals surface area contributed by atoms with Crippen LogP contribution >= 0.6 is 11.3 Å². The Hall–Kier alpha value is -1.65. The molecule has 112 valence electrons. The molecule has 1 atom stereocenters. The molecule has 0 aliphatic rings. The quantitative estimate of drug-likeness (QED) is 0.857. The number of nitrogens with one attached hydrogen (secondary N) is 2. The predicted molar refractivity (Wildman–Crippen MR) is 90.0 cm³/mol. The number of hydrogen-bond acceptors (Lipinski definition) is 3. The van der Waals surface area contributed by atoms with Crippen LogP contribution in [-0.4, -0.2) is 18.5 Å². The largest absolute Gasteiger partial charge is 0.325 e. The Morgan fingerprint density at radius 1 is 1.24 bits per heavy atom. The van der Waals surface area contributed by atoms with Gasteiger partial charge in [-0.05, 0) is 57.0 Å². The minimum atomic E-state index is -0.00481. The zero-order valence-corrected chi connectivity index (χ0v) is 13.6. The van der Waals surface area contributed by atoms with Gasteiger partial charge in [0.2, 0.25) is 5.91 Å². The van der Waals surface area contributed by atoms with Crippen LogP contribution in [0.3, 0.4) is 0 Å². The zero-order chi connectivity index (χ0) is 15.2. The molecule has 0 saturated carbocycles. The normalized spacial score (nSPS) is 12.1. The van der Waals surface area contributed by atoms with Crippen LogP contribution in [0.25, 0.3) is 0 Å². The predicted octanol–water partition coefficient (Wildman–Crippen LogP) is 3.52. The first kappa shape index (κ1) is 15.7. The number of amides is 1. The Morgan fingerprint density at radius 3 is 2.71 bits per heavy atom. The van der Waals surface area contributed by atoms with Gasteiger partial charge in [0, 0.05) is 21.5 Å². The van der Waals surface area contributed by atoms with E-state index in [0.717, 1.165) is 17.7 Å². The Balaban J connectivity index is 1.75. The molecule has 3 nitrogen and oxygen atoms in total. The lowest BCUT2D eigenvalue weighted by atomic mass is 10.2. The van der Waals surface area contributed by atoms with Crippen molar-refractivity contribution >= 4 is 22.9 Å². The van der Waals surface area contributed by atoms with Gasteiger partial charge in [-0.25, -0.2) is 0 Å². The first-order valence-electron chi connectivity index (χ1n) is 7.18. The molecule has 1 heterocycles. The molecule has 2 rings (SSSR count). The van der Waals surface area contributed by atoms with Crippen molar-refractivity contribution < 1.29 is 4.79 Å². The average molecular weight is 302 g/mol. The number of rotatable bonds is 6. The molecule has 0 saturated heterocycles. The van der Waals surface area contributed by atoms with Gasteiger partial charge in [-0.15, -0.1) is 11.3 Å². The van der Waals surface area contributed by atoms with E-state index in [1.165, 1.54) is 9.75 Å². The third-order valence-electron chi connectivity index (χ3n) is 3.22. The molecule has 2 aromatic rings. The summed E-state index contributed by atoms with van der Waals surface area (Å²) < 4.78 is 0. The van der Waals surface area contributed by atoms with Gasteiger partial charge in [-0.1, -0.05) is 12.1 Å². The summed E-state index contributed by atoms with van der Waals surface area (Å²) in [5, 5.41) is 6.18. The van der Waals surface area contributed by atoms with Gasteiger partial charge in [0.05, 0.1) is 6.54 Å². The number of hydrogen-bond donors (Lipinski definition) is 2. The number of carbonyl (C=O) groups is 1. The lowest BCUT2D eigenvalue weighted by molar-refractivity contribution is -0.115. The van der Waals surface area contributed by atoms with Gasteiger partial charge in [-0.3, -0.25) is 4.79 Å². The number of aryl methyl sites for hydroxylation is 2. The van der Waals surface area contributed by atoms with Crippen LogP contribution in [0.4, 0.5) is 5.69 Å². The summed E-state index contributed by atoms with van der Waals surface area (Å²) in [4.78, 5) is 14.6. The molecule has 21 heavy (non-hydrogen) atoms. The topological polar surface area (TPSA) is 41.1 Å². The second-order valence-electron chi connectivity index (χ2n) is 5.42. The minimum Gasteiger partial charge on any atom is -0.325 e. The van der Waals surface area contributed by atoms with Crippen molar-refractivity contribution in [3.8, 4) is 0 Å². The van der Waals surface area contributed by atoms with Crippen LogP contribution in [-0.2, 0) is 11.2 Å². The SMILES string of the molecule is Cc1cccc(NC(=O)CNC(C)Cc2ccc(C)s2)c1.